The van der Waals surface area contributed by atoms with Crippen LogP contribution in [0.1, 0.15) is 11.1 Å². The molecule has 1 aliphatic heterocycles. The van der Waals surface area contributed by atoms with Gasteiger partial charge in [-0.05, 0) is 11.6 Å². The van der Waals surface area contributed by atoms with Crippen LogP contribution in [0.2, 0.25) is 0 Å². The Balaban J connectivity index is 2.52. The fourth-order valence-electron chi connectivity index (χ4n) is 1.85. The van der Waals surface area contributed by atoms with Crippen molar-refractivity contribution in [2.75, 3.05) is 0 Å². The summed E-state index contributed by atoms with van der Waals surface area (Å²) in [7, 11) is 0. The van der Waals surface area contributed by atoms with E-state index < -0.39 is 0 Å². The van der Waals surface area contributed by atoms with Gasteiger partial charge in [-0.15, -0.1) is 0 Å². The Hall–Kier alpha value is -1.77. The first-order chi connectivity index (χ1) is 6.36. The largest absolute Gasteiger partial charge is 0.383 e. The molecule has 0 spiro atoms. The molecule has 1 aromatic heterocycles. The predicted molar refractivity (Wildman–Crippen MR) is 52.7 cm³/mol. The van der Waals surface area contributed by atoms with Crippen LogP contribution in [0.15, 0.2) is 29.4 Å². The van der Waals surface area contributed by atoms with Gasteiger partial charge in [-0.25, -0.2) is 0 Å². The van der Waals surface area contributed by atoms with E-state index in [-0.39, 0.29) is 0 Å². The molecule has 3 rings (SSSR count). The van der Waals surface area contributed by atoms with Crippen LogP contribution in [0, 0.1) is 0 Å². The van der Waals surface area contributed by atoms with Crippen LogP contribution < -0.4 is 5.73 Å². The maximum Gasteiger partial charge on any atom is 0.126 e. The van der Waals surface area contributed by atoms with Crippen LogP contribution in [-0.2, 0) is 6.54 Å². The maximum absolute atomic E-state index is 5.80. The highest BCUT2D eigenvalue weighted by Gasteiger charge is 2.14. The van der Waals surface area contributed by atoms with Gasteiger partial charge in [0.15, 0.2) is 0 Å². The average molecular weight is 171 g/mol. The van der Waals surface area contributed by atoms with E-state index in [0.29, 0.717) is 12.4 Å². The molecule has 0 bridgehead atoms. The van der Waals surface area contributed by atoms with E-state index in [2.05, 4.69) is 16.0 Å². The summed E-state index contributed by atoms with van der Waals surface area (Å²) in [6.45, 7) is 0.697. The molecule has 0 radical (unpaired) electrons. The lowest BCUT2D eigenvalue weighted by atomic mass is 10.0. The lowest BCUT2D eigenvalue weighted by molar-refractivity contribution is 1.06. The first-order valence-electron chi connectivity index (χ1n) is 4.25. The number of hydrogen-bond donors (Lipinski definition) is 2. The molecular formula is C10H9N3. The summed E-state index contributed by atoms with van der Waals surface area (Å²) in [5.41, 5.74) is 9.24. The number of rotatable bonds is 0. The Labute approximate surface area is 75.3 Å². The van der Waals surface area contributed by atoms with Crippen LogP contribution in [0.25, 0.3) is 10.9 Å². The van der Waals surface area contributed by atoms with Crippen LogP contribution in [-0.4, -0.2) is 10.8 Å². The first kappa shape index (κ1) is 6.71. The summed E-state index contributed by atoms with van der Waals surface area (Å²) < 4.78 is 0. The molecular weight excluding hydrogens is 162 g/mol. The third-order valence-electron chi connectivity index (χ3n) is 2.48. The molecule has 0 aliphatic carbocycles. The quantitative estimate of drug-likeness (QED) is 0.618. The van der Waals surface area contributed by atoms with Gasteiger partial charge in [0.1, 0.15) is 5.84 Å². The number of hydrogen-bond acceptors (Lipinski definition) is 2. The van der Waals surface area contributed by atoms with Crippen molar-refractivity contribution in [2.24, 2.45) is 10.7 Å². The van der Waals surface area contributed by atoms with Gasteiger partial charge in [-0.3, -0.25) is 4.99 Å². The van der Waals surface area contributed by atoms with Crippen LogP contribution >= 0.6 is 0 Å². The second-order valence-corrected chi connectivity index (χ2v) is 3.24. The standard InChI is InChI=1S/C10H9N3/c11-10-7-2-1-3-8-9(7)6(4-12-8)5-13-10/h1-4,12H,5H2,(H2,11,13). The topological polar surface area (TPSA) is 54.2 Å². The van der Waals surface area contributed by atoms with Crippen LogP contribution in [0.4, 0.5) is 0 Å². The van der Waals surface area contributed by atoms with Crippen molar-refractivity contribution in [3.05, 3.63) is 35.5 Å². The van der Waals surface area contributed by atoms with Crippen molar-refractivity contribution in [3.8, 4) is 0 Å². The van der Waals surface area contributed by atoms with Crippen molar-refractivity contribution < 1.29 is 0 Å². The Kier molecular flexibility index (Phi) is 1.10. The zero-order valence-electron chi connectivity index (χ0n) is 7.04. The van der Waals surface area contributed by atoms with E-state index in [4.69, 9.17) is 5.73 Å². The Morgan fingerprint density at radius 2 is 2.31 bits per heavy atom. The van der Waals surface area contributed by atoms with E-state index >= 15 is 0 Å². The minimum absolute atomic E-state index is 0.651. The number of nitrogens with zero attached hydrogens (tertiary/aromatic N) is 1. The van der Waals surface area contributed by atoms with E-state index in [1.54, 1.807) is 0 Å². The Morgan fingerprint density at radius 3 is 3.23 bits per heavy atom. The lowest BCUT2D eigenvalue weighted by Gasteiger charge is -2.09. The molecule has 0 atom stereocenters. The fourth-order valence-corrected chi connectivity index (χ4v) is 1.85. The molecule has 1 aromatic carbocycles. The highest BCUT2D eigenvalue weighted by molar-refractivity contribution is 6.10. The van der Waals surface area contributed by atoms with Gasteiger partial charge in [0, 0.05) is 22.7 Å². The molecule has 64 valence electrons. The van der Waals surface area contributed by atoms with Crippen LogP contribution in [0.3, 0.4) is 0 Å². The number of aromatic amines is 1. The van der Waals surface area contributed by atoms with Gasteiger partial charge in [-0.1, -0.05) is 12.1 Å². The minimum Gasteiger partial charge on any atom is -0.383 e. The summed E-state index contributed by atoms with van der Waals surface area (Å²) in [6.07, 6.45) is 2.00. The van der Waals surface area contributed by atoms with Crippen molar-refractivity contribution in [1.29, 1.82) is 0 Å². The van der Waals surface area contributed by atoms with Gasteiger partial charge in [0.2, 0.25) is 0 Å². The molecule has 2 aromatic rings. The monoisotopic (exact) mass is 171 g/mol. The molecule has 0 fully saturated rings. The average Bonchev–Trinajstić information content (AvgIpc) is 2.57. The smallest absolute Gasteiger partial charge is 0.126 e. The molecule has 3 N–H and O–H groups in total. The highest BCUT2D eigenvalue weighted by Crippen LogP contribution is 2.26. The number of aliphatic imine (C=N–C) groups is 1. The number of benzene rings is 1. The fraction of sp³-hybridized carbons (Fsp3) is 0.100. The SMILES string of the molecule is NC1=NCc2c[nH]c3cccc1c23. The van der Waals surface area contributed by atoms with Gasteiger partial charge < -0.3 is 10.7 Å². The van der Waals surface area contributed by atoms with Crippen molar-refractivity contribution in [1.82, 2.24) is 4.98 Å². The molecule has 3 nitrogen and oxygen atoms in total. The molecule has 0 unspecified atom stereocenters. The number of nitrogens with two attached hydrogens (primary N) is 1. The summed E-state index contributed by atoms with van der Waals surface area (Å²) in [5, 5.41) is 1.23. The molecule has 0 saturated heterocycles. The van der Waals surface area contributed by atoms with Crippen molar-refractivity contribution >= 4 is 16.7 Å². The van der Waals surface area contributed by atoms with Gasteiger partial charge in [-0.2, -0.15) is 0 Å². The number of H-pyrrole nitrogens is 1. The third kappa shape index (κ3) is 0.758. The molecule has 2 heterocycles. The van der Waals surface area contributed by atoms with E-state index in [1.165, 1.54) is 10.9 Å². The van der Waals surface area contributed by atoms with Gasteiger partial charge in [0.05, 0.1) is 6.54 Å². The molecule has 3 heteroatoms. The van der Waals surface area contributed by atoms with E-state index in [9.17, 15) is 0 Å². The Morgan fingerprint density at radius 1 is 1.38 bits per heavy atom. The number of nitrogens with one attached hydrogen (secondary N) is 1. The van der Waals surface area contributed by atoms with Gasteiger partial charge in [0.25, 0.3) is 0 Å². The first-order valence-corrected chi connectivity index (χ1v) is 4.25. The normalized spacial score (nSPS) is 14.6. The zero-order valence-corrected chi connectivity index (χ0v) is 7.04. The summed E-state index contributed by atoms with van der Waals surface area (Å²) in [5.74, 6) is 0.651. The third-order valence-corrected chi connectivity index (χ3v) is 2.48. The highest BCUT2D eigenvalue weighted by atomic mass is 14.9. The second-order valence-electron chi connectivity index (χ2n) is 3.24. The van der Waals surface area contributed by atoms with Crippen molar-refractivity contribution in [2.45, 2.75) is 6.54 Å². The van der Waals surface area contributed by atoms with Crippen LogP contribution in [0.5, 0.6) is 0 Å². The summed E-state index contributed by atoms with van der Waals surface area (Å²) in [4.78, 5) is 7.45. The molecule has 0 saturated carbocycles. The van der Waals surface area contributed by atoms with E-state index in [1.807, 2.05) is 18.3 Å². The predicted octanol–water partition coefficient (Wildman–Crippen LogP) is 1.39. The second kappa shape index (κ2) is 2.13. The lowest BCUT2D eigenvalue weighted by Crippen LogP contribution is -2.16. The number of aromatic nitrogens is 1. The molecule has 0 amide bonds. The van der Waals surface area contributed by atoms with Gasteiger partial charge >= 0.3 is 0 Å². The summed E-state index contributed by atoms with van der Waals surface area (Å²) in [6, 6.07) is 6.06. The molecule has 1 aliphatic rings. The Bertz CT molecular complexity index is 508. The van der Waals surface area contributed by atoms with E-state index in [0.717, 1.165) is 11.1 Å². The minimum atomic E-state index is 0.651. The maximum atomic E-state index is 5.80. The van der Waals surface area contributed by atoms with Crippen molar-refractivity contribution in [3.63, 3.8) is 0 Å². The molecule has 13 heavy (non-hydrogen) atoms. The summed E-state index contributed by atoms with van der Waals surface area (Å²) >= 11 is 0. The zero-order chi connectivity index (χ0) is 8.84. The number of amidine groups is 1.